The molecule has 0 aromatic carbocycles. The smallest absolute Gasteiger partial charge is 0.192 e. The van der Waals surface area contributed by atoms with Gasteiger partial charge in [0.05, 0.1) is 23.7 Å². The van der Waals surface area contributed by atoms with E-state index in [1.54, 1.807) is 0 Å². The van der Waals surface area contributed by atoms with Crippen molar-refractivity contribution < 1.29 is 9.16 Å². The third-order valence-electron chi connectivity index (χ3n) is 5.77. The zero-order valence-electron chi connectivity index (χ0n) is 14.0. The third-order valence-corrected chi connectivity index (χ3v) is 10.3. The van der Waals surface area contributed by atoms with Gasteiger partial charge in [0, 0.05) is 0 Å². The molecule has 2 aliphatic rings. The molecule has 3 nitrogen and oxygen atoms in total. The Balaban J connectivity index is 2.24. The van der Waals surface area contributed by atoms with Crippen molar-refractivity contribution >= 4 is 8.32 Å². The number of hydrogen-bond acceptors (Lipinski definition) is 3. The van der Waals surface area contributed by atoms with Crippen LogP contribution in [0.3, 0.4) is 0 Å². The van der Waals surface area contributed by atoms with Crippen LogP contribution in [-0.4, -0.2) is 25.6 Å². The molecule has 4 atom stereocenters. The zero-order valence-corrected chi connectivity index (χ0v) is 15.0. The van der Waals surface area contributed by atoms with Crippen molar-refractivity contribution in [3.8, 4) is 6.07 Å². The average Bonchev–Trinajstić information content (AvgIpc) is 2.50. The Labute approximate surface area is 124 Å². The first kappa shape index (κ1) is 16.0. The Kier molecular flexibility index (Phi) is 3.65. The van der Waals surface area contributed by atoms with Gasteiger partial charge < -0.3 is 9.16 Å². The molecule has 2 heterocycles. The fraction of sp³-hybridized carbons (Fsp3) is 0.938. The van der Waals surface area contributed by atoms with Crippen molar-refractivity contribution in [2.24, 2.45) is 5.92 Å². The molecule has 114 valence electrons. The summed E-state index contributed by atoms with van der Waals surface area (Å²) < 4.78 is 12.9. The van der Waals surface area contributed by atoms with Crippen LogP contribution in [0.4, 0.5) is 0 Å². The van der Waals surface area contributed by atoms with Gasteiger partial charge in [-0.2, -0.15) is 5.26 Å². The number of hydrogen-bond donors (Lipinski definition) is 0. The van der Waals surface area contributed by atoms with Crippen LogP contribution in [0.5, 0.6) is 0 Å². The Morgan fingerprint density at radius 2 is 1.90 bits per heavy atom. The highest BCUT2D eigenvalue weighted by atomic mass is 28.4. The van der Waals surface area contributed by atoms with Crippen LogP contribution in [-0.2, 0) is 9.16 Å². The van der Waals surface area contributed by atoms with Gasteiger partial charge in [-0.1, -0.05) is 20.8 Å². The van der Waals surface area contributed by atoms with Crippen LogP contribution >= 0.6 is 0 Å². The van der Waals surface area contributed by atoms with Gasteiger partial charge in [-0.3, -0.25) is 0 Å². The Morgan fingerprint density at radius 1 is 1.30 bits per heavy atom. The van der Waals surface area contributed by atoms with Crippen molar-refractivity contribution in [2.75, 3.05) is 0 Å². The lowest BCUT2D eigenvalue weighted by atomic mass is 9.85. The second-order valence-electron chi connectivity index (χ2n) is 8.53. The number of rotatable bonds is 2. The van der Waals surface area contributed by atoms with E-state index in [9.17, 15) is 5.26 Å². The standard InChI is InChI=1S/C16H29NO2Si/c1-14(2,3)20(6,7)18-13-8-9-15(4)10-12(11-17)16(13,5)19-15/h12-13H,8-10H2,1-7H3/t12?,13-,15+,16+/m0/s1. The summed E-state index contributed by atoms with van der Waals surface area (Å²) in [7, 11) is -1.83. The van der Waals surface area contributed by atoms with Crippen molar-refractivity contribution in [2.45, 2.75) is 89.3 Å². The van der Waals surface area contributed by atoms with E-state index in [1.807, 2.05) is 0 Å². The maximum absolute atomic E-state index is 9.49. The van der Waals surface area contributed by atoms with Gasteiger partial charge in [0.25, 0.3) is 0 Å². The largest absolute Gasteiger partial charge is 0.411 e. The fourth-order valence-electron chi connectivity index (χ4n) is 3.33. The number of nitrogens with zero attached hydrogens (tertiary/aromatic N) is 1. The molecule has 2 saturated heterocycles. The lowest BCUT2D eigenvalue weighted by Crippen LogP contribution is -2.56. The first-order valence-electron chi connectivity index (χ1n) is 7.71. The maximum atomic E-state index is 9.49. The lowest BCUT2D eigenvalue weighted by molar-refractivity contribution is -0.178. The van der Waals surface area contributed by atoms with Crippen LogP contribution in [0.2, 0.25) is 18.1 Å². The minimum absolute atomic E-state index is 0.0511. The summed E-state index contributed by atoms with van der Waals surface area (Å²) >= 11 is 0. The molecule has 4 heteroatoms. The highest BCUT2D eigenvalue weighted by Crippen LogP contribution is 2.53. The molecule has 1 unspecified atom stereocenters. The zero-order chi connectivity index (χ0) is 15.4. The SMILES string of the molecule is CC(C)(C)[Si](C)(C)O[C@H]1CC[C@]2(C)CC(C#N)[C@@]1(C)O2. The van der Waals surface area contributed by atoms with Crippen LogP contribution in [0.1, 0.15) is 53.9 Å². The number of ether oxygens (including phenoxy) is 1. The topological polar surface area (TPSA) is 42.2 Å². The summed E-state index contributed by atoms with van der Waals surface area (Å²) in [5, 5.41) is 9.68. The molecule has 0 radical (unpaired) electrons. The predicted molar refractivity (Wildman–Crippen MR) is 82.9 cm³/mol. The normalized spacial score (nSPS) is 41.5. The predicted octanol–water partition coefficient (Wildman–Crippen LogP) is 4.25. The summed E-state index contributed by atoms with van der Waals surface area (Å²) in [6, 6.07) is 2.47. The van der Waals surface area contributed by atoms with Gasteiger partial charge in [0.2, 0.25) is 0 Å². The molecule has 0 N–H and O–H groups in total. The monoisotopic (exact) mass is 295 g/mol. The first-order valence-corrected chi connectivity index (χ1v) is 10.6. The average molecular weight is 295 g/mol. The van der Waals surface area contributed by atoms with Crippen molar-refractivity contribution in [3.63, 3.8) is 0 Å². The van der Waals surface area contributed by atoms with Gasteiger partial charge in [-0.05, 0) is 51.2 Å². The fourth-order valence-corrected chi connectivity index (χ4v) is 4.74. The summed E-state index contributed by atoms with van der Waals surface area (Å²) in [6.45, 7) is 15.6. The summed E-state index contributed by atoms with van der Waals surface area (Å²) in [5.41, 5.74) is -0.556. The Bertz CT molecular complexity index is 437. The van der Waals surface area contributed by atoms with E-state index in [0.29, 0.717) is 0 Å². The molecular formula is C16H29NO2Si. The van der Waals surface area contributed by atoms with E-state index in [0.717, 1.165) is 19.3 Å². The maximum Gasteiger partial charge on any atom is 0.192 e. The van der Waals surface area contributed by atoms with Gasteiger partial charge in [0.15, 0.2) is 8.32 Å². The summed E-state index contributed by atoms with van der Waals surface area (Å²) in [6.07, 6.45) is 2.92. The first-order chi connectivity index (χ1) is 8.94. The van der Waals surface area contributed by atoms with Crippen molar-refractivity contribution in [1.29, 1.82) is 5.26 Å². The Morgan fingerprint density at radius 3 is 2.40 bits per heavy atom. The lowest BCUT2D eigenvalue weighted by Gasteiger charge is -2.48. The second-order valence-corrected chi connectivity index (χ2v) is 13.3. The number of nitriles is 1. The Hall–Kier alpha value is -0.373. The molecule has 0 aromatic heterocycles. The van der Waals surface area contributed by atoms with Gasteiger partial charge in [-0.15, -0.1) is 0 Å². The second kappa shape index (κ2) is 4.56. The quantitative estimate of drug-likeness (QED) is 0.715. The van der Waals surface area contributed by atoms with Crippen LogP contribution < -0.4 is 0 Å². The molecule has 2 bridgehead atoms. The molecule has 0 saturated carbocycles. The highest BCUT2D eigenvalue weighted by Gasteiger charge is 2.60. The molecule has 0 amide bonds. The minimum atomic E-state index is -1.83. The van der Waals surface area contributed by atoms with E-state index in [4.69, 9.17) is 9.16 Å². The molecule has 2 fully saturated rings. The molecule has 2 rings (SSSR count). The van der Waals surface area contributed by atoms with Crippen LogP contribution in [0.15, 0.2) is 0 Å². The molecule has 2 aliphatic heterocycles. The molecule has 0 aliphatic carbocycles. The van der Waals surface area contributed by atoms with Gasteiger partial charge in [-0.25, -0.2) is 0 Å². The van der Waals surface area contributed by atoms with Gasteiger partial charge in [0.1, 0.15) is 5.60 Å². The van der Waals surface area contributed by atoms with E-state index in [-0.39, 0.29) is 22.7 Å². The third kappa shape index (κ3) is 2.45. The minimum Gasteiger partial charge on any atom is -0.411 e. The molecular weight excluding hydrogens is 266 g/mol. The van der Waals surface area contributed by atoms with E-state index >= 15 is 0 Å². The van der Waals surface area contributed by atoms with Crippen LogP contribution in [0, 0.1) is 17.2 Å². The van der Waals surface area contributed by atoms with Crippen molar-refractivity contribution in [3.05, 3.63) is 0 Å². The molecule has 0 spiro atoms. The summed E-state index contributed by atoms with van der Waals surface area (Å²) in [5.74, 6) is -0.0511. The van der Waals surface area contributed by atoms with E-state index in [2.05, 4.69) is 53.8 Å². The molecule has 0 aromatic rings. The highest BCUT2D eigenvalue weighted by molar-refractivity contribution is 6.74. The van der Waals surface area contributed by atoms with Crippen LogP contribution in [0.25, 0.3) is 0 Å². The number of fused-ring (bicyclic) bond motifs is 2. The summed E-state index contributed by atoms with van der Waals surface area (Å²) in [4.78, 5) is 0. The van der Waals surface area contributed by atoms with Gasteiger partial charge >= 0.3 is 0 Å². The van der Waals surface area contributed by atoms with Crippen molar-refractivity contribution in [1.82, 2.24) is 0 Å². The van der Waals surface area contributed by atoms with E-state index < -0.39 is 13.9 Å². The molecule has 20 heavy (non-hydrogen) atoms. The van der Waals surface area contributed by atoms with E-state index in [1.165, 1.54) is 0 Å².